The van der Waals surface area contributed by atoms with Gasteiger partial charge in [-0.3, -0.25) is 0 Å². The highest BCUT2D eigenvalue weighted by molar-refractivity contribution is 5.91. The summed E-state index contributed by atoms with van der Waals surface area (Å²) in [7, 11) is 1.45. The van der Waals surface area contributed by atoms with E-state index < -0.39 is 12.3 Å². The molecule has 3 aliphatic rings. The van der Waals surface area contributed by atoms with Crippen LogP contribution in [0.3, 0.4) is 0 Å². The summed E-state index contributed by atoms with van der Waals surface area (Å²) in [6.07, 6.45) is 7.87. The first-order chi connectivity index (χ1) is 12.2. The van der Waals surface area contributed by atoms with Crippen LogP contribution in [0.15, 0.2) is 23.3 Å². The van der Waals surface area contributed by atoms with Gasteiger partial charge in [0.1, 0.15) is 0 Å². The summed E-state index contributed by atoms with van der Waals surface area (Å²) in [6.45, 7) is 6.79. The molecule has 5 unspecified atom stereocenters. The van der Waals surface area contributed by atoms with E-state index >= 15 is 0 Å². The van der Waals surface area contributed by atoms with E-state index in [4.69, 9.17) is 9.47 Å². The second kappa shape index (κ2) is 6.84. The highest BCUT2D eigenvalue weighted by Crippen LogP contribution is 2.62. The molecule has 1 fully saturated rings. The zero-order valence-electron chi connectivity index (χ0n) is 16.2. The molecule has 0 radical (unpaired) electrons. The summed E-state index contributed by atoms with van der Waals surface area (Å²) in [4.78, 5) is 24.2. The summed E-state index contributed by atoms with van der Waals surface area (Å²) in [5.74, 6) is 0.242. The maximum atomic E-state index is 12.4. The van der Waals surface area contributed by atoms with Gasteiger partial charge in [-0.25, -0.2) is 9.59 Å². The Balaban J connectivity index is 1.86. The van der Waals surface area contributed by atoms with E-state index in [0.29, 0.717) is 23.8 Å². The molecular weight excluding hydrogens is 332 g/mol. The molecule has 0 spiro atoms. The number of carbonyl (C=O) groups excluding carboxylic acids is 2. The van der Waals surface area contributed by atoms with Crippen molar-refractivity contribution >= 4 is 11.9 Å². The largest absolute Gasteiger partial charge is 0.466 e. The third kappa shape index (κ3) is 3.00. The zero-order chi connectivity index (χ0) is 19.1. The molecule has 1 saturated carbocycles. The average molecular weight is 362 g/mol. The Kier molecular flexibility index (Phi) is 5.04. The standard InChI is InChI=1S/C21H30O5/c1-13-8-10-21(3)15(19(24)25-4)6-5-7-16(21)20(13,2)11-9-14-12-17(22)26-18(14)23/h6,12-13,16-17,22H,5,7-11H2,1-4H3. The van der Waals surface area contributed by atoms with E-state index in [0.717, 1.165) is 37.7 Å². The lowest BCUT2D eigenvalue weighted by molar-refractivity contribution is -0.151. The zero-order valence-corrected chi connectivity index (χ0v) is 16.2. The van der Waals surface area contributed by atoms with Crippen LogP contribution in [0.4, 0.5) is 0 Å². The molecule has 1 N–H and O–H groups in total. The predicted molar refractivity (Wildman–Crippen MR) is 96.9 cm³/mol. The van der Waals surface area contributed by atoms with E-state index in [-0.39, 0.29) is 16.8 Å². The van der Waals surface area contributed by atoms with E-state index in [1.54, 1.807) is 0 Å². The van der Waals surface area contributed by atoms with E-state index in [1.165, 1.54) is 13.2 Å². The third-order valence-electron chi connectivity index (χ3n) is 7.38. The van der Waals surface area contributed by atoms with Gasteiger partial charge < -0.3 is 14.6 Å². The van der Waals surface area contributed by atoms with Crippen LogP contribution in [0.2, 0.25) is 0 Å². The summed E-state index contributed by atoms with van der Waals surface area (Å²) in [5.41, 5.74) is 1.22. The van der Waals surface area contributed by atoms with Gasteiger partial charge in [-0.2, -0.15) is 0 Å². The molecule has 0 aromatic heterocycles. The van der Waals surface area contributed by atoms with Crippen molar-refractivity contribution in [3.05, 3.63) is 23.3 Å². The van der Waals surface area contributed by atoms with Crippen LogP contribution in [0.1, 0.15) is 59.3 Å². The number of methoxy groups -OCH3 is 1. The van der Waals surface area contributed by atoms with Crippen molar-refractivity contribution in [2.45, 2.75) is 65.6 Å². The third-order valence-corrected chi connectivity index (χ3v) is 7.38. The fourth-order valence-electron chi connectivity index (χ4n) is 5.59. The molecule has 0 aromatic rings. The lowest BCUT2D eigenvalue weighted by Crippen LogP contribution is -2.51. The molecule has 0 aromatic carbocycles. The molecule has 0 saturated heterocycles. The Hall–Kier alpha value is -1.62. The first-order valence-electron chi connectivity index (χ1n) is 9.61. The Bertz CT molecular complexity index is 663. The fourth-order valence-corrected chi connectivity index (χ4v) is 5.59. The Morgan fingerprint density at radius 1 is 1.38 bits per heavy atom. The van der Waals surface area contributed by atoms with Gasteiger partial charge in [0.15, 0.2) is 0 Å². The van der Waals surface area contributed by atoms with Gasteiger partial charge in [0.25, 0.3) is 0 Å². The molecule has 1 aliphatic heterocycles. The number of aliphatic hydroxyl groups excluding tert-OH is 1. The van der Waals surface area contributed by atoms with Crippen molar-refractivity contribution in [3.8, 4) is 0 Å². The Morgan fingerprint density at radius 2 is 2.12 bits per heavy atom. The molecule has 2 aliphatic carbocycles. The predicted octanol–water partition coefficient (Wildman–Crippen LogP) is 3.52. The maximum absolute atomic E-state index is 12.4. The highest BCUT2D eigenvalue weighted by atomic mass is 16.6. The molecule has 5 heteroatoms. The number of aliphatic hydroxyl groups is 1. The average Bonchev–Trinajstić information content (AvgIpc) is 2.93. The molecule has 144 valence electrons. The van der Waals surface area contributed by atoms with Gasteiger partial charge in [-0.15, -0.1) is 0 Å². The number of fused-ring (bicyclic) bond motifs is 1. The number of hydrogen-bond acceptors (Lipinski definition) is 5. The second-order valence-electron chi connectivity index (χ2n) is 8.59. The van der Waals surface area contributed by atoms with Gasteiger partial charge >= 0.3 is 11.9 Å². The van der Waals surface area contributed by atoms with Gasteiger partial charge in [0, 0.05) is 16.6 Å². The number of carbonyl (C=O) groups is 2. The molecule has 3 rings (SSSR count). The highest BCUT2D eigenvalue weighted by Gasteiger charge is 2.55. The van der Waals surface area contributed by atoms with Crippen LogP contribution in [-0.2, 0) is 19.1 Å². The van der Waals surface area contributed by atoms with Crippen LogP contribution < -0.4 is 0 Å². The SMILES string of the molecule is COC(=O)C1=CCCC2C1(C)CCC(C)C2(C)CCC1=CC(O)OC1=O. The van der Waals surface area contributed by atoms with Crippen LogP contribution >= 0.6 is 0 Å². The molecule has 0 amide bonds. The fraction of sp³-hybridized carbons (Fsp3) is 0.714. The lowest BCUT2D eigenvalue weighted by atomic mass is 9.46. The summed E-state index contributed by atoms with van der Waals surface area (Å²) < 4.78 is 9.88. The topological polar surface area (TPSA) is 72.8 Å². The van der Waals surface area contributed by atoms with E-state index in [2.05, 4.69) is 26.8 Å². The molecule has 1 heterocycles. The Labute approximate surface area is 155 Å². The minimum absolute atomic E-state index is 0.00912. The second-order valence-corrected chi connectivity index (χ2v) is 8.59. The molecule has 5 nitrogen and oxygen atoms in total. The summed E-state index contributed by atoms with van der Waals surface area (Å²) in [6, 6.07) is 0. The van der Waals surface area contributed by atoms with Crippen molar-refractivity contribution in [3.63, 3.8) is 0 Å². The van der Waals surface area contributed by atoms with Crippen molar-refractivity contribution in [2.24, 2.45) is 22.7 Å². The van der Waals surface area contributed by atoms with Crippen molar-refractivity contribution in [2.75, 3.05) is 7.11 Å². The van der Waals surface area contributed by atoms with Crippen LogP contribution in [0.25, 0.3) is 0 Å². The van der Waals surface area contributed by atoms with Crippen molar-refractivity contribution < 1.29 is 24.2 Å². The first kappa shape index (κ1) is 19.2. The number of cyclic esters (lactones) is 1. The first-order valence-corrected chi connectivity index (χ1v) is 9.61. The smallest absolute Gasteiger partial charge is 0.336 e. The quantitative estimate of drug-likeness (QED) is 0.775. The number of hydrogen-bond donors (Lipinski definition) is 1. The number of rotatable bonds is 4. The van der Waals surface area contributed by atoms with Crippen LogP contribution in [-0.4, -0.2) is 30.4 Å². The number of allylic oxidation sites excluding steroid dienone is 1. The molecule has 5 atom stereocenters. The lowest BCUT2D eigenvalue weighted by Gasteiger charge is -2.57. The molecule has 26 heavy (non-hydrogen) atoms. The van der Waals surface area contributed by atoms with Crippen molar-refractivity contribution in [1.29, 1.82) is 0 Å². The summed E-state index contributed by atoms with van der Waals surface area (Å²) in [5, 5.41) is 9.50. The monoisotopic (exact) mass is 362 g/mol. The van der Waals surface area contributed by atoms with Gasteiger partial charge in [0.2, 0.25) is 6.29 Å². The Morgan fingerprint density at radius 3 is 2.73 bits per heavy atom. The number of ether oxygens (including phenoxy) is 2. The van der Waals surface area contributed by atoms with Gasteiger partial charge in [-0.1, -0.05) is 26.8 Å². The normalized spacial score (nSPS) is 39.6. The van der Waals surface area contributed by atoms with Crippen molar-refractivity contribution in [1.82, 2.24) is 0 Å². The van der Waals surface area contributed by atoms with E-state index in [9.17, 15) is 14.7 Å². The van der Waals surface area contributed by atoms with E-state index in [1.807, 2.05) is 0 Å². The molecule has 0 bridgehead atoms. The van der Waals surface area contributed by atoms with Crippen LogP contribution in [0.5, 0.6) is 0 Å². The minimum atomic E-state index is -1.11. The van der Waals surface area contributed by atoms with Gasteiger partial charge in [-0.05, 0) is 61.9 Å². The maximum Gasteiger partial charge on any atom is 0.336 e. The van der Waals surface area contributed by atoms with Gasteiger partial charge in [0.05, 0.1) is 7.11 Å². The summed E-state index contributed by atoms with van der Waals surface area (Å²) >= 11 is 0. The molecular formula is C21H30O5. The van der Waals surface area contributed by atoms with Crippen LogP contribution in [0, 0.1) is 22.7 Å². The number of esters is 2. The minimum Gasteiger partial charge on any atom is -0.466 e.